The highest BCUT2D eigenvalue weighted by Crippen LogP contribution is 2.36. The average Bonchev–Trinajstić information content (AvgIpc) is 2.97. The summed E-state index contributed by atoms with van der Waals surface area (Å²) in [6, 6.07) is 8.73. The summed E-state index contributed by atoms with van der Waals surface area (Å²) in [5.41, 5.74) is 2.27. The van der Waals surface area contributed by atoms with Gasteiger partial charge in [0.2, 0.25) is 0 Å². The number of hydrogen-bond donors (Lipinski definition) is 1. The largest absolute Gasteiger partial charge is 0.329 e. The second-order valence-corrected chi connectivity index (χ2v) is 6.34. The SMILES string of the molecule is CN1C(=O)N[C@@H](c2ccccc2F)C2=C1CN(Cc1ccncc1)C2=O. The molecule has 0 fully saturated rings. The number of carbonyl (C=O) groups excluding carboxylic acids is 2. The summed E-state index contributed by atoms with van der Waals surface area (Å²) in [7, 11) is 1.62. The molecule has 0 bridgehead atoms. The first-order chi connectivity index (χ1) is 12.6. The van der Waals surface area contributed by atoms with Crippen molar-refractivity contribution in [1.29, 1.82) is 0 Å². The summed E-state index contributed by atoms with van der Waals surface area (Å²) in [6.07, 6.45) is 3.34. The first-order valence-corrected chi connectivity index (χ1v) is 8.26. The molecule has 1 N–H and O–H groups in total. The number of hydrogen-bond acceptors (Lipinski definition) is 3. The Kier molecular flexibility index (Phi) is 3.91. The van der Waals surface area contributed by atoms with Crippen LogP contribution in [0.2, 0.25) is 0 Å². The third-order valence-electron chi connectivity index (χ3n) is 4.77. The van der Waals surface area contributed by atoms with Gasteiger partial charge in [-0.1, -0.05) is 18.2 Å². The monoisotopic (exact) mass is 352 g/mol. The van der Waals surface area contributed by atoms with Crippen LogP contribution in [0.1, 0.15) is 17.2 Å². The molecular formula is C19H17FN4O2. The predicted octanol–water partition coefficient (Wildman–Crippen LogP) is 2.21. The van der Waals surface area contributed by atoms with Gasteiger partial charge in [-0.3, -0.25) is 14.7 Å². The Bertz CT molecular complexity index is 913. The standard InChI is InChI=1S/C19H17FN4O2/c1-23-15-11-24(10-12-6-8-21-9-7-12)18(25)16(15)17(22-19(23)26)13-4-2-3-5-14(13)20/h2-9,17H,10-11H2,1H3,(H,22,26)/t17-/m0/s1. The maximum absolute atomic E-state index is 14.3. The molecule has 4 rings (SSSR count). The molecule has 2 aliphatic heterocycles. The molecule has 6 nitrogen and oxygen atoms in total. The predicted molar refractivity (Wildman–Crippen MR) is 92.1 cm³/mol. The van der Waals surface area contributed by atoms with Crippen LogP contribution in [0.15, 0.2) is 60.1 Å². The molecule has 0 spiro atoms. The number of benzene rings is 1. The van der Waals surface area contributed by atoms with Crippen LogP contribution in [0.25, 0.3) is 0 Å². The number of carbonyl (C=O) groups is 2. The number of nitrogens with zero attached hydrogens (tertiary/aromatic N) is 3. The van der Waals surface area contributed by atoms with E-state index in [1.807, 2.05) is 12.1 Å². The summed E-state index contributed by atoms with van der Waals surface area (Å²) in [5, 5.41) is 2.74. The molecule has 132 valence electrons. The zero-order valence-electron chi connectivity index (χ0n) is 14.1. The van der Waals surface area contributed by atoms with E-state index >= 15 is 0 Å². The van der Waals surface area contributed by atoms with E-state index in [2.05, 4.69) is 10.3 Å². The lowest BCUT2D eigenvalue weighted by molar-refractivity contribution is -0.126. The van der Waals surface area contributed by atoms with E-state index in [-0.39, 0.29) is 11.9 Å². The Morgan fingerprint density at radius 2 is 1.92 bits per heavy atom. The normalized spacial score (nSPS) is 19.7. The van der Waals surface area contributed by atoms with Gasteiger partial charge in [0.15, 0.2) is 0 Å². The van der Waals surface area contributed by atoms with Crippen molar-refractivity contribution in [3.8, 4) is 0 Å². The number of halogens is 1. The van der Waals surface area contributed by atoms with Crippen LogP contribution in [0.5, 0.6) is 0 Å². The number of likely N-dealkylation sites (N-methyl/N-ethyl adjacent to an activating group) is 1. The van der Waals surface area contributed by atoms with Crippen molar-refractivity contribution >= 4 is 11.9 Å². The fourth-order valence-corrected chi connectivity index (χ4v) is 3.40. The third kappa shape index (κ3) is 2.61. The second kappa shape index (κ2) is 6.25. The lowest BCUT2D eigenvalue weighted by atomic mass is 9.95. The molecule has 7 heteroatoms. The molecule has 0 aliphatic carbocycles. The Morgan fingerprint density at radius 3 is 2.65 bits per heavy atom. The second-order valence-electron chi connectivity index (χ2n) is 6.34. The van der Waals surface area contributed by atoms with Crippen LogP contribution >= 0.6 is 0 Å². The molecule has 0 saturated heterocycles. The number of nitrogens with one attached hydrogen (secondary N) is 1. The van der Waals surface area contributed by atoms with E-state index in [0.717, 1.165) is 5.56 Å². The van der Waals surface area contributed by atoms with Gasteiger partial charge in [-0.25, -0.2) is 9.18 Å². The molecular weight excluding hydrogens is 335 g/mol. The fraction of sp³-hybridized carbons (Fsp3) is 0.211. The van der Waals surface area contributed by atoms with Crippen molar-refractivity contribution in [3.63, 3.8) is 0 Å². The van der Waals surface area contributed by atoms with E-state index in [1.54, 1.807) is 42.5 Å². The van der Waals surface area contributed by atoms with Crippen molar-refractivity contribution in [3.05, 3.63) is 77.0 Å². The smallest absolute Gasteiger partial charge is 0.322 e. The van der Waals surface area contributed by atoms with Crippen LogP contribution in [0.3, 0.4) is 0 Å². The van der Waals surface area contributed by atoms with Crippen molar-refractivity contribution in [1.82, 2.24) is 20.1 Å². The first kappa shape index (κ1) is 16.3. The fourth-order valence-electron chi connectivity index (χ4n) is 3.40. The molecule has 1 aromatic heterocycles. The average molecular weight is 352 g/mol. The van der Waals surface area contributed by atoms with Gasteiger partial charge in [0.25, 0.3) is 5.91 Å². The van der Waals surface area contributed by atoms with Gasteiger partial charge in [-0.15, -0.1) is 0 Å². The lowest BCUT2D eigenvalue weighted by Crippen LogP contribution is -2.45. The van der Waals surface area contributed by atoms with Crippen LogP contribution < -0.4 is 5.32 Å². The van der Waals surface area contributed by atoms with Gasteiger partial charge in [0.05, 0.1) is 23.9 Å². The molecule has 0 unspecified atom stereocenters. The minimum atomic E-state index is -0.787. The zero-order valence-corrected chi connectivity index (χ0v) is 14.1. The maximum Gasteiger partial charge on any atom is 0.322 e. The summed E-state index contributed by atoms with van der Waals surface area (Å²) < 4.78 is 14.3. The van der Waals surface area contributed by atoms with E-state index < -0.39 is 11.9 Å². The molecule has 0 radical (unpaired) electrons. The molecule has 2 aromatic rings. The highest BCUT2D eigenvalue weighted by Gasteiger charge is 2.43. The van der Waals surface area contributed by atoms with Crippen molar-refractivity contribution < 1.29 is 14.0 Å². The number of urea groups is 1. The van der Waals surface area contributed by atoms with Crippen LogP contribution in [-0.4, -0.2) is 40.3 Å². The van der Waals surface area contributed by atoms with E-state index in [9.17, 15) is 14.0 Å². The first-order valence-electron chi connectivity index (χ1n) is 8.26. The Hall–Kier alpha value is -3.22. The van der Waals surface area contributed by atoms with E-state index in [0.29, 0.717) is 29.9 Å². The van der Waals surface area contributed by atoms with Crippen molar-refractivity contribution in [2.75, 3.05) is 13.6 Å². The van der Waals surface area contributed by atoms with Crippen LogP contribution in [0, 0.1) is 5.82 Å². The molecule has 26 heavy (non-hydrogen) atoms. The highest BCUT2D eigenvalue weighted by atomic mass is 19.1. The van der Waals surface area contributed by atoms with Gasteiger partial charge in [0, 0.05) is 31.5 Å². The summed E-state index contributed by atoms with van der Waals surface area (Å²) in [5.74, 6) is -0.647. The maximum atomic E-state index is 14.3. The van der Waals surface area contributed by atoms with E-state index in [1.165, 1.54) is 11.0 Å². The van der Waals surface area contributed by atoms with Gasteiger partial charge < -0.3 is 10.2 Å². The van der Waals surface area contributed by atoms with Gasteiger partial charge in [-0.2, -0.15) is 0 Å². The Balaban J connectivity index is 1.70. The number of pyridine rings is 1. The molecule has 0 saturated carbocycles. The van der Waals surface area contributed by atoms with Crippen LogP contribution in [-0.2, 0) is 11.3 Å². The quantitative estimate of drug-likeness (QED) is 0.921. The van der Waals surface area contributed by atoms with E-state index in [4.69, 9.17) is 0 Å². The Labute approximate surface area is 149 Å². The van der Waals surface area contributed by atoms with Crippen molar-refractivity contribution in [2.24, 2.45) is 0 Å². The summed E-state index contributed by atoms with van der Waals surface area (Å²) >= 11 is 0. The third-order valence-corrected chi connectivity index (χ3v) is 4.77. The summed E-state index contributed by atoms with van der Waals surface area (Å²) in [6.45, 7) is 0.714. The molecule has 1 aromatic carbocycles. The highest BCUT2D eigenvalue weighted by molar-refractivity contribution is 6.01. The topological polar surface area (TPSA) is 65.5 Å². The number of rotatable bonds is 3. The molecule has 3 heterocycles. The summed E-state index contributed by atoms with van der Waals surface area (Å²) in [4.78, 5) is 32.4. The van der Waals surface area contributed by atoms with Crippen molar-refractivity contribution in [2.45, 2.75) is 12.6 Å². The minimum absolute atomic E-state index is 0.197. The Morgan fingerprint density at radius 1 is 1.19 bits per heavy atom. The van der Waals surface area contributed by atoms with Gasteiger partial charge in [0.1, 0.15) is 5.82 Å². The number of aromatic nitrogens is 1. The van der Waals surface area contributed by atoms with Crippen LogP contribution in [0.4, 0.5) is 9.18 Å². The molecule has 2 aliphatic rings. The molecule has 1 atom stereocenters. The van der Waals surface area contributed by atoms with Gasteiger partial charge >= 0.3 is 6.03 Å². The van der Waals surface area contributed by atoms with Gasteiger partial charge in [-0.05, 0) is 23.8 Å². The minimum Gasteiger partial charge on any atom is -0.329 e. The molecule has 3 amide bonds. The number of amides is 3. The zero-order chi connectivity index (χ0) is 18.3. The lowest BCUT2D eigenvalue weighted by Gasteiger charge is -2.31.